The fourth-order valence-electron chi connectivity index (χ4n) is 2.67. The Morgan fingerprint density at radius 2 is 2.00 bits per heavy atom. The first-order chi connectivity index (χ1) is 12.0. The molecule has 0 unspecified atom stereocenters. The van der Waals surface area contributed by atoms with Crippen LogP contribution in [0.5, 0.6) is 0 Å². The number of thiazole rings is 1. The largest absolute Gasteiger partial charge is 0.434 e. The number of alkyl halides is 3. The maximum Gasteiger partial charge on any atom is 0.434 e. The molecule has 2 rings (SSSR count). The molecule has 0 aliphatic carbocycles. The highest BCUT2D eigenvalue weighted by atomic mass is 127. The first-order valence-electron chi connectivity index (χ1n) is 8.75. The zero-order chi connectivity index (χ0) is 18.1. The molecule has 0 amide bonds. The molecular weight excluding hydrogens is 478 g/mol. The molecule has 0 radical (unpaired) electrons. The highest BCUT2D eigenvalue weighted by molar-refractivity contribution is 14.0. The fraction of sp³-hybridized carbons (Fsp3) is 0.750. The first kappa shape index (κ1) is 23.4. The molecule has 1 aromatic heterocycles. The van der Waals surface area contributed by atoms with Gasteiger partial charge in [0.25, 0.3) is 0 Å². The van der Waals surface area contributed by atoms with Crippen LogP contribution in [0, 0.1) is 0 Å². The second-order valence-corrected chi connectivity index (χ2v) is 6.91. The summed E-state index contributed by atoms with van der Waals surface area (Å²) in [6.07, 6.45) is -0.0907. The molecule has 1 aromatic rings. The Bertz CT molecular complexity index is 544. The van der Waals surface area contributed by atoms with Crippen LogP contribution in [-0.4, -0.2) is 55.1 Å². The lowest BCUT2D eigenvalue weighted by atomic mass is 10.1. The predicted molar refractivity (Wildman–Crippen MR) is 111 cm³/mol. The predicted octanol–water partition coefficient (Wildman–Crippen LogP) is 3.36. The van der Waals surface area contributed by atoms with Crippen LogP contribution < -0.4 is 10.6 Å². The number of nitrogens with one attached hydrogen (secondary N) is 2. The summed E-state index contributed by atoms with van der Waals surface area (Å²) < 4.78 is 37.6. The monoisotopic (exact) mass is 505 g/mol. The van der Waals surface area contributed by atoms with Gasteiger partial charge in [-0.05, 0) is 32.9 Å². The van der Waals surface area contributed by atoms with Gasteiger partial charge in [-0.25, -0.2) is 4.98 Å². The van der Waals surface area contributed by atoms with Gasteiger partial charge in [0, 0.05) is 31.4 Å². The lowest BCUT2D eigenvalue weighted by Gasteiger charge is -2.25. The van der Waals surface area contributed by atoms with Gasteiger partial charge in [0.1, 0.15) is 0 Å². The van der Waals surface area contributed by atoms with Crippen LogP contribution in [0.4, 0.5) is 13.2 Å². The Kier molecular flexibility index (Phi) is 10.8. The van der Waals surface area contributed by atoms with Crippen molar-refractivity contribution in [1.29, 1.82) is 0 Å². The topological polar surface area (TPSA) is 52.6 Å². The molecule has 2 heterocycles. The number of nitrogens with zero attached hydrogens (tertiary/aromatic N) is 3. The molecule has 0 saturated carbocycles. The molecule has 0 atom stereocenters. The van der Waals surface area contributed by atoms with E-state index in [4.69, 9.17) is 0 Å². The minimum atomic E-state index is -4.37. The third-order valence-electron chi connectivity index (χ3n) is 3.95. The van der Waals surface area contributed by atoms with Crippen molar-refractivity contribution in [2.45, 2.75) is 38.8 Å². The van der Waals surface area contributed by atoms with E-state index in [1.807, 2.05) is 6.92 Å². The Balaban J connectivity index is 0.00000338. The van der Waals surface area contributed by atoms with Gasteiger partial charge in [0.2, 0.25) is 0 Å². The van der Waals surface area contributed by atoms with E-state index < -0.39 is 11.9 Å². The second-order valence-electron chi connectivity index (χ2n) is 5.96. The third kappa shape index (κ3) is 8.38. The number of aliphatic imine (C=N–C) groups is 1. The Morgan fingerprint density at radius 3 is 2.62 bits per heavy atom. The van der Waals surface area contributed by atoms with Gasteiger partial charge in [0.05, 0.1) is 11.6 Å². The van der Waals surface area contributed by atoms with E-state index in [2.05, 4.69) is 25.5 Å². The van der Waals surface area contributed by atoms with Crippen molar-refractivity contribution < 1.29 is 13.2 Å². The first-order valence-corrected chi connectivity index (χ1v) is 9.63. The molecule has 0 aromatic carbocycles. The number of guanidine groups is 1. The molecule has 1 saturated heterocycles. The smallest absolute Gasteiger partial charge is 0.357 e. The zero-order valence-electron chi connectivity index (χ0n) is 14.9. The lowest BCUT2D eigenvalue weighted by molar-refractivity contribution is -0.140. The van der Waals surface area contributed by atoms with E-state index in [-0.39, 0.29) is 24.0 Å². The highest BCUT2D eigenvalue weighted by Crippen LogP contribution is 2.29. The van der Waals surface area contributed by atoms with Crippen molar-refractivity contribution >= 4 is 41.3 Å². The maximum absolute atomic E-state index is 12.5. The van der Waals surface area contributed by atoms with E-state index in [1.54, 1.807) is 0 Å². The van der Waals surface area contributed by atoms with Crippen molar-refractivity contribution in [2.24, 2.45) is 4.99 Å². The van der Waals surface area contributed by atoms with E-state index >= 15 is 0 Å². The number of piperidine rings is 1. The summed E-state index contributed by atoms with van der Waals surface area (Å²) in [4.78, 5) is 10.6. The normalized spacial score (nSPS) is 16.2. The van der Waals surface area contributed by atoms with Crippen LogP contribution in [0.3, 0.4) is 0 Å². The molecule has 150 valence electrons. The minimum Gasteiger partial charge on any atom is -0.357 e. The zero-order valence-corrected chi connectivity index (χ0v) is 18.1. The SMILES string of the molecule is CCNC(=NCCN1CCCCC1)NCCc1nc(C(F)(F)F)cs1.I. The quantitative estimate of drug-likeness (QED) is 0.339. The number of likely N-dealkylation sites (tertiary alicyclic amines) is 1. The molecule has 1 aliphatic rings. The van der Waals surface area contributed by atoms with E-state index in [0.717, 1.165) is 42.9 Å². The van der Waals surface area contributed by atoms with E-state index in [1.165, 1.54) is 19.3 Å². The van der Waals surface area contributed by atoms with Gasteiger partial charge in [-0.2, -0.15) is 13.2 Å². The van der Waals surface area contributed by atoms with Gasteiger partial charge < -0.3 is 15.5 Å². The molecule has 1 aliphatic heterocycles. The summed E-state index contributed by atoms with van der Waals surface area (Å²) in [5, 5.41) is 7.86. The van der Waals surface area contributed by atoms with Crippen molar-refractivity contribution in [3.8, 4) is 0 Å². The van der Waals surface area contributed by atoms with Crippen LogP contribution in [0.25, 0.3) is 0 Å². The summed E-state index contributed by atoms with van der Waals surface area (Å²) in [6, 6.07) is 0. The standard InChI is InChI=1S/C16H26F3N5S.HI/c1-2-20-15(22-8-11-24-9-4-3-5-10-24)21-7-6-14-23-13(12-25-14)16(17,18)19;/h12H,2-11H2,1H3,(H2,20,21,22);1H. The van der Waals surface area contributed by atoms with Crippen LogP contribution >= 0.6 is 35.3 Å². The Labute approximate surface area is 173 Å². The average molecular weight is 505 g/mol. The molecule has 1 fully saturated rings. The number of halogens is 4. The van der Waals surface area contributed by atoms with Crippen LogP contribution in [0.2, 0.25) is 0 Å². The molecular formula is C16H27F3IN5S. The van der Waals surface area contributed by atoms with Crippen molar-refractivity contribution in [3.63, 3.8) is 0 Å². The van der Waals surface area contributed by atoms with Crippen LogP contribution in [0.15, 0.2) is 10.4 Å². The number of aromatic nitrogens is 1. The Morgan fingerprint density at radius 1 is 1.27 bits per heavy atom. The van der Waals surface area contributed by atoms with Crippen LogP contribution in [-0.2, 0) is 12.6 Å². The number of rotatable bonds is 7. The molecule has 5 nitrogen and oxygen atoms in total. The summed E-state index contributed by atoms with van der Waals surface area (Å²) in [5.74, 6) is 0.701. The third-order valence-corrected chi connectivity index (χ3v) is 4.86. The summed E-state index contributed by atoms with van der Waals surface area (Å²) in [6.45, 7) is 7.17. The van der Waals surface area contributed by atoms with Gasteiger partial charge in [-0.1, -0.05) is 6.42 Å². The highest BCUT2D eigenvalue weighted by Gasteiger charge is 2.33. The van der Waals surface area contributed by atoms with Crippen LogP contribution in [0.1, 0.15) is 36.9 Å². The molecule has 0 bridgehead atoms. The summed E-state index contributed by atoms with van der Waals surface area (Å²) in [5.41, 5.74) is -0.811. The summed E-state index contributed by atoms with van der Waals surface area (Å²) >= 11 is 1.04. The average Bonchev–Trinajstić information content (AvgIpc) is 3.05. The van der Waals surface area contributed by atoms with E-state index in [0.29, 0.717) is 30.5 Å². The minimum absolute atomic E-state index is 0. The van der Waals surface area contributed by atoms with E-state index in [9.17, 15) is 13.2 Å². The Hall–Kier alpha value is -0.620. The van der Waals surface area contributed by atoms with Crippen molar-refractivity contribution in [1.82, 2.24) is 20.5 Å². The second kappa shape index (κ2) is 12.0. The summed E-state index contributed by atoms with van der Waals surface area (Å²) in [7, 11) is 0. The molecule has 10 heteroatoms. The van der Waals surface area contributed by atoms with Gasteiger partial charge >= 0.3 is 6.18 Å². The fourth-order valence-corrected chi connectivity index (χ4v) is 3.48. The van der Waals surface area contributed by atoms with Gasteiger partial charge in [-0.15, -0.1) is 35.3 Å². The van der Waals surface area contributed by atoms with Crippen molar-refractivity contribution in [3.05, 3.63) is 16.1 Å². The van der Waals surface area contributed by atoms with Gasteiger partial charge in [-0.3, -0.25) is 4.99 Å². The molecule has 26 heavy (non-hydrogen) atoms. The van der Waals surface area contributed by atoms with Gasteiger partial charge in [0.15, 0.2) is 11.7 Å². The number of hydrogen-bond donors (Lipinski definition) is 2. The number of hydrogen-bond acceptors (Lipinski definition) is 4. The molecule has 0 spiro atoms. The van der Waals surface area contributed by atoms with Crippen molar-refractivity contribution in [2.75, 3.05) is 39.3 Å². The maximum atomic E-state index is 12.5. The lowest BCUT2D eigenvalue weighted by Crippen LogP contribution is -2.39. The molecule has 2 N–H and O–H groups in total.